The van der Waals surface area contributed by atoms with Crippen molar-refractivity contribution in [1.29, 1.82) is 0 Å². The summed E-state index contributed by atoms with van der Waals surface area (Å²) < 4.78 is 5.15. The normalized spacial score (nSPS) is 21.2. The highest BCUT2D eigenvalue weighted by Crippen LogP contribution is 2.02. The summed E-state index contributed by atoms with van der Waals surface area (Å²) in [4.78, 5) is 13.3. The SMILES string of the molecule is CN(C)CCNC(=O)NC1CCOC1. The van der Waals surface area contributed by atoms with Gasteiger partial charge < -0.3 is 20.3 Å². The number of hydrogen-bond donors (Lipinski definition) is 2. The lowest BCUT2D eigenvalue weighted by Crippen LogP contribution is -2.44. The van der Waals surface area contributed by atoms with Gasteiger partial charge in [-0.3, -0.25) is 0 Å². The van der Waals surface area contributed by atoms with Crippen LogP contribution in [0.25, 0.3) is 0 Å². The van der Waals surface area contributed by atoms with Crippen molar-refractivity contribution in [2.45, 2.75) is 12.5 Å². The number of nitrogens with one attached hydrogen (secondary N) is 2. The number of likely N-dealkylation sites (N-methyl/N-ethyl adjacent to an activating group) is 1. The van der Waals surface area contributed by atoms with E-state index in [1.165, 1.54) is 0 Å². The highest BCUT2D eigenvalue weighted by atomic mass is 16.5. The van der Waals surface area contributed by atoms with Gasteiger partial charge in [-0.05, 0) is 20.5 Å². The molecule has 82 valence electrons. The summed E-state index contributed by atoms with van der Waals surface area (Å²) in [6.07, 6.45) is 0.918. The van der Waals surface area contributed by atoms with E-state index in [9.17, 15) is 4.79 Å². The van der Waals surface area contributed by atoms with Crippen molar-refractivity contribution in [3.8, 4) is 0 Å². The minimum absolute atomic E-state index is 0.0950. The minimum Gasteiger partial charge on any atom is -0.379 e. The first kappa shape index (κ1) is 11.3. The van der Waals surface area contributed by atoms with Gasteiger partial charge in [-0.1, -0.05) is 0 Å². The van der Waals surface area contributed by atoms with Crippen LogP contribution in [-0.4, -0.2) is 57.4 Å². The van der Waals surface area contributed by atoms with Crippen LogP contribution in [0.1, 0.15) is 6.42 Å². The molecule has 2 amide bonds. The molecule has 1 atom stereocenters. The average molecular weight is 201 g/mol. The van der Waals surface area contributed by atoms with E-state index >= 15 is 0 Å². The predicted octanol–water partition coefficient (Wildman–Crippen LogP) is -0.364. The number of carbonyl (C=O) groups excluding carboxylic acids is 1. The Morgan fingerprint density at radius 1 is 1.57 bits per heavy atom. The van der Waals surface area contributed by atoms with Crippen molar-refractivity contribution in [3.63, 3.8) is 0 Å². The van der Waals surface area contributed by atoms with Crippen LogP contribution in [-0.2, 0) is 4.74 Å². The molecule has 1 unspecified atom stereocenters. The first-order chi connectivity index (χ1) is 6.68. The van der Waals surface area contributed by atoms with E-state index in [0.717, 1.165) is 19.6 Å². The molecule has 14 heavy (non-hydrogen) atoms. The molecule has 1 saturated heterocycles. The molecule has 1 aliphatic rings. The van der Waals surface area contributed by atoms with Crippen molar-refractivity contribution in [1.82, 2.24) is 15.5 Å². The quantitative estimate of drug-likeness (QED) is 0.653. The monoisotopic (exact) mass is 201 g/mol. The van der Waals surface area contributed by atoms with Crippen LogP contribution in [0, 0.1) is 0 Å². The molecule has 0 bridgehead atoms. The zero-order valence-corrected chi connectivity index (χ0v) is 8.88. The lowest BCUT2D eigenvalue weighted by molar-refractivity contribution is 0.188. The Balaban J connectivity index is 2.03. The lowest BCUT2D eigenvalue weighted by Gasteiger charge is -2.13. The number of amides is 2. The van der Waals surface area contributed by atoms with Gasteiger partial charge in [-0.25, -0.2) is 4.79 Å². The van der Waals surface area contributed by atoms with Crippen LogP contribution in [0.15, 0.2) is 0 Å². The van der Waals surface area contributed by atoms with Gasteiger partial charge in [0.05, 0.1) is 12.6 Å². The summed E-state index contributed by atoms with van der Waals surface area (Å²) in [7, 11) is 3.95. The van der Waals surface area contributed by atoms with E-state index in [4.69, 9.17) is 4.74 Å². The van der Waals surface area contributed by atoms with Crippen LogP contribution >= 0.6 is 0 Å². The summed E-state index contributed by atoms with van der Waals surface area (Å²) in [6, 6.07) is 0.0942. The van der Waals surface area contributed by atoms with Gasteiger partial charge in [0.1, 0.15) is 0 Å². The maximum atomic E-state index is 11.3. The van der Waals surface area contributed by atoms with Crippen molar-refractivity contribution >= 4 is 6.03 Å². The number of urea groups is 1. The summed E-state index contributed by atoms with van der Waals surface area (Å²) in [5.74, 6) is 0. The van der Waals surface area contributed by atoms with Gasteiger partial charge in [-0.2, -0.15) is 0 Å². The molecule has 0 aromatic heterocycles. The molecule has 5 nitrogen and oxygen atoms in total. The molecule has 1 aliphatic heterocycles. The first-order valence-electron chi connectivity index (χ1n) is 4.95. The Bertz CT molecular complexity index is 179. The van der Waals surface area contributed by atoms with Crippen LogP contribution in [0.2, 0.25) is 0 Å². The van der Waals surface area contributed by atoms with E-state index < -0.39 is 0 Å². The third kappa shape index (κ3) is 4.43. The fraction of sp³-hybridized carbons (Fsp3) is 0.889. The smallest absolute Gasteiger partial charge is 0.315 e. The fourth-order valence-corrected chi connectivity index (χ4v) is 1.28. The Labute approximate surface area is 84.8 Å². The number of hydrogen-bond acceptors (Lipinski definition) is 3. The van der Waals surface area contributed by atoms with Crippen LogP contribution < -0.4 is 10.6 Å². The topological polar surface area (TPSA) is 53.6 Å². The molecular weight excluding hydrogens is 182 g/mol. The summed E-state index contributed by atoms with van der Waals surface area (Å²) >= 11 is 0. The third-order valence-electron chi connectivity index (χ3n) is 2.11. The molecule has 5 heteroatoms. The molecule has 0 aromatic carbocycles. The molecular formula is C9H19N3O2. The van der Waals surface area contributed by atoms with Gasteiger partial charge in [0.15, 0.2) is 0 Å². The number of nitrogens with zero attached hydrogens (tertiary/aromatic N) is 1. The maximum Gasteiger partial charge on any atom is 0.315 e. The molecule has 1 heterocycles. The first-order valence-corrected chi connectivity index (χ1v) is 4.95. The highest BCUT2D eigenvalue weighted by Gasteiger charge is 2.16. The van der Waals surface area contributed by atoms with Gasteiger partial charge in [0, 0.05) is 19.7 Å². The molecule has 1 fully saturated rings. The van der Waals surface area contributed by atoms with Crippen molar-refractivity contribution in [2.24, 2.45) is 0 Å². The average Bonchev–Trinajstić information content (AvgIpc) is 2.56. The Morgan fingerprint density at radius 2 is 2.36 bits per heavy atom. The molecule has 0 radical (unpaired) electrons. The standard InChI is InChI=1S/C9H19N3O2/c1-12(2)5-4-10-9(13)11-8-3-6-14-7-8/h8H,3-7H2,1-2H3,(H2,10,11,13). The summed E-state index contributed by atoms with van der Waals surface area (Å²) in [6.45, 7) is 2.92. The second-order valence-corrected chi connectivity index (χ2v) is 3.76. The molecule has 0 saturated carbocycles. The molecule has 0 aliphatic carbocycles. The second kappa shape index (κ2) is 5.82. The van der Waals surface area contributed by atoms with Gasteiger partial charge >= 0.3 is 6.03 Å². The zero-order valence-electron chi connectivity index (χ0n) is 8.88. The van der Waals surface area contributed by atoms with E-state index in [2.05, 4.69) is 10.6 Å². The molecule has 2 N–H and O–H groups in total. The molecule has 1 rings (SSSR count). The van der Waals surface area contributed by atoms with E-state index in [-0.39, 0.29) is 12.1 Å². The number of ether oxygens (including phenoxy) is 1. The van der Waals surface area contributed by atoms with Crippen molar-refractivity contribution in [2.75, 3.05) is 40.4 Å². The number of carbonyl (C=O) groups is 1. The Hall–Kier alpha value is -0.810. The van der Waals surface area contributed by atoms with Gasteiger partial charge in [0.25, 0.3) is 0 Å². The lowest BCUT2D eigenvalue weighted by atomic mass is 10.3. The van der Waals surface area contributed by atoms with Gasteiger partial charge in [-0.15, -0.1) is 0 Å². The highest BCUT2D eigenvalue weighted by molar-refractivity contribution is 5.74. The van der Waals surface area contributed by atoms with E-state index in [1.54, 1.807) is 0 Å². The minimum atomic E-state index is -0.0950. The molecule has 0 aromatic rings. The van der Waals surface area contributed by atoms with E-state index in [0.29, 0.717) is 13.2 Å². The van der Waals surface area contributed by atoms with Crippen LogP contribution in [0.5, 0.6) is 0 Å². The van der Waals surface area contributed by atoms with Crippen LogP contribution in [0.4, 0.5) is 4.79 Å². The van der Waals surface area contributed by atoms with Gasteiger partial charge in [0.2, 0.25) is 0 Å². The predicted molar refractivity (Wildman–Crippen MR) is 54.3 cm³/mol. The van der Waals surface area contributed by atoms with Crippen molar-refractivity contribution in [3.05, 3.63) is 0 Å². The van der Waals surface area contributed by atoms with Crippen LogP contribution in [0.3, 0.4) is 0 Å². The Kier molecular flexibility index (Phi) is 4.69. The zero-order chi connectivity index (χ0) is 10.4. The Morgan fingerprint density at radius 3 is 2.93 bits per heavy atom. The van der Waals surface area contributed by atoms with Crippen molar-refractivity contribution < 1.29 is 9.53 Å². The van der Waals surface area contributed by atoms with E-state index in [1.807, 2.05) is 19.0 Å². The second-order valence-electron chi connectivity index (χ2n) is 3.76. The fourth-order valence-electron chi connectivity index (χ4n) is 1.28. The summed E-state index contributed by atoms with van der Waals surface area (Å²) in [5, 5.41) is 5.65. The summed E-state index contributed by atoms with van der Waals surface area (Å²) in [5.41, 5.74) is 0. The maximum absolute atomic E-state index is 11.3. The largest absolute Gasteiger partial charge is 0.379 e. The number of rotatable bonds is 4. The third-order valence-corrected chi connectivity index (χ3v) is 2.11. The molecule has 0 spiro atoms.